The van der Waals surface area contributed by atoms with Crippen LogP contribution in [-0.2, 0) is 7.05 Å². The summed E-state index contributed by atoms with van der Waals surface area (Å²) in [5, 5.41) is 13.0. The maximum absolute atomic E-state index is 14.6. The quantitative estimate of drug-likeness (QED) is 0.395. The van der Waals surface area contributed by atoms with E-state index in [1.54, 1.807) is 30.1 Å². The van der Waals surface area contributed by atoms with E-state index in [0.717, 1.165) is 0 Å². The van der Waals surface area contributed by atoms with Gasteiger partial charge in [0.25, 0.3) is 0 Å². The van der Waals surface area contributed by atoms with Gasteiger partial charge in [0.1, 0.15) is 11.6 Å². The molecule has 0 amide bonds. The average molecular weight is 490 g/mol. The third kappa shape index (κ3) is 4.53. The molecule has 0 spiro atoms. The van der Waals surface area contributed by atoms with Gasteiger partial charge in [0.15, 0.2) is 5.82 Å². The molecule has 1 fully saturated rings. The van der Waals surface area contributed by atoms with E-state index >= 15 is 0 Å². The lowest BCUT2D eigenvalue weighted by atomic mass is 10.1. The molecule has 0 aliphatic carbocycles. The summed E-state index contributed by atoms with van der Waals surface area (Å²) >= 11 is 0. The van der Waals surface area contributed by atoms with Gasteiger partial charge in [0, 0.05) is 43.1 Å². The van der Waals surface area contributed by atoms with Gasteiger partial charge in [0.05, 0.1) is 17.7 Å². The number of aromatic amines is 1. The van der Waals surface area contributed by atoms with Crippen molar-refractivity contribution in [1.29, 1.82) is 0 Å². The van der Waals surface area contributed by atoms with Crippen LogP contribution in [0.5, 0.6) is 0 Å². The van der Waals surface area contributed by atoms with Crippen LogP contribution in [0.15, 0.2) is 42.7 Å². The second kappa shape index (κ2) is 8.64. The highest BCUT2D eigenvalue weighted by Crippen LogP contribution is 2.35. The van der Waals surface area contributed by atoms with Crippen molar-refractivity contribution in [2.24, 2.45) is 13.0 Å². The Morgan fingerprint density at radius 2 is 1.91 bits per heavy atom. The Bertz CT molecular complexity index is 1340. The number of H-pyrrole nitrogens is 1. The number of nitrogens with zero attached hydrogens (tertiary/aromatic N) is 6. The molecular formula is C22H19F5N8. The maximum atomic E-state index is 14.6. The highest BCUT2D eigenvalue weighted by atomic mass is 19.4. The van der Waals surface area contributed by atoms with Gasteiger partial charge in [0.2, 0.25) is 11.9 Å². The molecule has 3 aromatic heterocycles. The zero-order chi connectivity index (χ0) is 24.7. The molecule has 1 aromatic carbocycles. The van der Waals surface area contributed by atoms with E-state index in [0.29, 0.717) is 28.8 Å². The van der Waals surface area contributed by atoms with Crippen LogP contribution < -0.4 is 10.2 Å². The first-order chi connectivity index (χ1) is 16.7. The molecule has 13 heteroatoms. The number of pyridine rings is 1. The molecule has 4 aromatic rings. The van der Waals surface area contributed by atoms with Crippen LogP contribution in [-0.4, -0.2) is 49.2 Å². The highest BCUT2D eigenvalue weighted by molar-refractivity contribution is 5.68. The van der Waals surface area contributed by atoms with Crippen LogP contribution >= 0.6 is 0 Å². The number of aryl methyl sites for hydroxylation is 1. The smallest absolute Gasteiger partial charge is 0.356 e. The minimum atomic E-state index is -4.21. The third-order valence-electron chi connectivity index (χ3n) is 5.85. The Morgan fingerprint density at radius 3 is 2.54 bits per heavy atom. The zero-order valence-electron chi connectivity index (χ0n) is 18.3. The predicted molar refractivity (Wildman–Crippen MR) is 118 cm³/mol. The molecule has 1 unspecified atom stereocenters. The van der Waals surface area contributed by atoms with Crippen molar-refractivity contribution in [3.05, 3.63) is 54.5 Å². The number of nitrogens with one attached hydrogen (secondary N) is 2. The lowest BCUT2D eigenvalue weighted by Gasteiger charge is -2.18. The molecule has 35 heavy (non-hydrogen) atoms. The topological polar surface area (TPSA) is 87.6 Å². The van der Waals surface area contributed by atoms with E-state index in [4.69, 9.17) is 0 Å². The third-order valence-corrected chi connectivity index (χ3v) is 5.85. The first-order valence-electron chi connectivity index (χ1n) is 10.6. The van der Waals surface area contributed by atoms with Gasteiger partial charge in [-0.3, -0.25) is 5.10 Å². The van der Waals surface area contributed by atoms with Crippen LogP contribution in [0.1, 0.15) is 6.42 Å². The standard InChI is InChI=1S/C22H19F5N8/c1-34-21(30-14-3-4-15(17(23)8-14)16-10-29-32-19(16)24)31-20(33-34)12-2-5-18(28-9-12)35-7-6-13(11-35)22(25,26)27/h2-5,8-10,13H,6-7,11H2,1H3,(H,29,32)(H,30,31,33). The minimum absolute atomic E-state index is 0.0220. The Kier molecular flexibility index (Phi) is 5.61. The SMILES string of the molecule is Cn1nc(-c2ccc(N3CCC(C(F)(F)F)C3)nc2)nc1Nc1ccc(-c2cn[nH]c2F)c(F)c1. The first-order valence-corrected chi connectivity index (χ1v) is 10.6. The van der Waals surface area contributed by atoms with E-state index < -0.39 is 23.9 Å². The van der Waals surface area contributed by atoms with Gasteiger partial charge in [-0.25, -0.2) is 14.1 Å². The first kappa shape index (κ1) is 22.7. The minimum Gasteiger partial charge on any atom is -0.356 e. The number of hydrogen-bond donors (Lipinski definition) is 2. The fraction of sp³-hybridized carbons (Fsp3) is 0.273. The van der Waals surface area contributed by atoms with Crippen LogP contribution in [0.3, 0.4) is 0 Å². The Labute approximate surface area is 195 Å². The van der Waals surface area contributed by atoms with E-state index in [-0.39, 0.29) is 30.6 Å². The van der Waals surface area contributed by atoms with Crippen molar-refractivity contribution in [1.82, 2.24) is 29.9 Å². The van der Waals surface area contributed by atoms with Crippen molar-refractivity contribution < 1.29 is 22.0 Å². The van der Waals surface area contributed by atoms with E-state index in [9.17, 15) is 22.0 Å². The van der Waals surface area contributed by atoms with Crippen molar-refractivity contribution >= 4 is 17.5 Å². The Balaban J connectivity index is 1.30. The van der Waals surface area contributed by atoms with Crippen molar-refractivity contribution in [2.45, 2.75) is 12.6 Å². The molecule has 8 nitrogen and oxygen atoms in total. The number of halogens is 5. The Hall–Kier alpha value is -4.03. The van der Waals surface area contributed by atoms with Crippen molar-refractivity contribution in [3.8, 4) is 22.5 Å². The summed E-state index contributed by atoms with van der Waals surface area (Å²) in [6, 6.07) is 7.53. The largest absolute Gasteiger partial charge is 0.393 e. The molecular weight excluding hydrogens is 471 g/mol. The van der Waals surface area contributed by atoms with E-state index in [1.165, 1.54) is 29.2 Å². The van der Waals surface area contributed by atoms with Gasteiger partial charge in [-0.2, -0.15) is 27.6 Å². The second-order valence-corrected chi connectivity index (χ2v) is 8.18. The van der Waals surface area contributed by atoms with Gasteiger partial charge in [-0.15, -0.1) is 5.10 Å². The number of benzene rings is 1. The van der Waals surface area contributed by atoms with E-state index in [2.05, 4.69) is 30.6 Å². The molecule has 2 N–H and O–H groups in total. The molecule has 1 aliphatic rings. The van der Waals surface area contributed by atoms with Gasteiger partial charge >= 0.3 is 6.18 Å². The average Bonchev–Trinajstić information content (AvgIpc) is 3.55. The number of hydrogen-bond acceptors (Lipinski definition) is 6. The fourth-order valence-corrected chi connectivity index (χ4v) is 3.96. The second-order valence-electron chi connectivity index (χ2n) is 8.18. The molecule has 4 heterocycles. The molecule has 182 valence electrons. The lowest BCUT2D eigenvalue weighted by Crippen LogP contribution is -2.27. The number of aromatic nitrogens is 6. The molecule has 1 aliphatic heterocycles. The van der Waals surface area contributed by atoms with Crippen LogP contribution in [0.2, 0.25) is 0 Å². The number of anilines is 3. The molecule has 0 saturated carbocycles. The molecule has 5 rings (SSSR count). The summed E-state index contributed by atoms with van der Waals surface area (Å²) in [6.07, 6.45) is -1.46. The van der Waals surface area contributed by atoms with Crippen LogP contribution in [0.25, 0.3) is 22.5 Å². The highest BCUT2D eigenvalue weighted by Gasteiger charge is 2.43. The molecule has 1 saturated heterocycles. The van der Waals surface area contributed by atoms with Crippen molar-refractivity contribution in [3.63, 3.8) is 0 Å². The molecule has 0 radical (unpaired) electrons. The van der Waals surface area contributed by atoms with Crippen LogP contribution in [0.4, 0.5) is 39.4 Å². The summed E-state index contributed by atoms with van der Waals surface area (Å²) in [6.45, 7) is 0.170. The molecule has 1 atom stereocenters. The normalized spacial score (nSPS) is 16.2. The van der Waals surface area contributed by atoms with Gasteiger partial charge in [-0.05, 0) is 36.8 Å². The monoisotopic (exact) mass is 490 g/mol. The van der Waals surface area contributed by atoms with E-state index in [1.807, 2.05) is 0 Å². The van der Waals surface area contributed by atoms with Gasteiger partial charge < -0.3 is 10.2 Å². The Morgan fingerprint density at radius 1 is 1.09 bits per heavy atom. The zero-order valence-corrected chi connectivity index (χ0v) is 18.3. The molecule has 0 bridgehead atoms. The summed E-state index contributed by atoms with van der Waals surface area (Å²) in [4.78, 5) is 10.3. The van der Waals surface area contributed by atoms with Crippen LogP contribution in [0, 0.1) is 17.7 Å². The predicted octanol–water partition coefficient (Wildman–Crippen LogP) is 4.68. The fourth-order valence-electron chi connectivity index (χ4n) is 3.96. The summed E-state index contributed by atoms with van der Waals surface area (Å²) in [7, 11) is 1.65. The number of alkyl halides is 3. The number of rotatable bonds is 5. The summed E-state index contributed by atoms with van der Waals surface area (Å²) in [5.74, 6) is -1.62. The van der Waals surface area contributed by atoms with Gasteiger partial charge in [-0.1, -0.05) is 0 Å². The summed E-state index contributed by atoms with van der Waals surface area (Å²) in [5.41, 5.74) is 1.03. The maximum Gasteiger partial charge on any atom is 0.393 e. The van der Waals surface area contributed by atoms with Crippen molar-refractivity contribution in [2.75, 3.05) is 23.3 Å². The lowest BCUT2D eigenvalue weighted by molar-refractivity contribution is -0.168. The summed E-state index contributed by atoms with van der Waals surface area (Å²) < 4.78 is 68.5.